The van der Waals surface area contributed by atoms with Crippen LogP contribution >= 0.6 is 0 Å². The summed E-state index contributed by atoms with van der Waals surface area (Å²) < 4.78 is 38.5. The van der Waals surface area contributed by atoms with E-state index in [4.69, 9.17) is 49.3 Å². The fraction of sp³-hybridized carbons (Fsp3) is 0.312. The SMILES string of the molecule is COCCOCOc1ccc(C#N)cc1-c1cc(CC(=O)OC)cc(-c2nc3ccc(C(=N)N)cc3[nH]2)c1OCOCCOC. The van der Waals surface area contributed by atoms with Crippen LogP contribution in [0.1, 0.15) is 16.7 Å². The molecule has 13 heteroatoms. The van der Waals surface area contributed by atoms with Crippen molar-refractivity contribution in [3.63, 3.8) is 0 Å². The van der Waals surface area contributed by atoms with E-state index in [0.29, 0.717) is 81.6 Å². The second kappa shape index (κ2) is 16.2. The van der Waals surface area contributed by atoms with Gasteiger partial charge in [-0.2, -0.15) is 5.26 Å². The van der Waals surface area contributed by atoms with Gasteiger partial charge in [0.2, 0.25) is 0 Å². The number of ether oxygens (including phenoxy) is 7. The summed E-state index contributed by atoms with van der Waals surface area (Å²) in [5, 5.41) is 17.6. The first kappa shape index (κ1) is 32.9. The molecule has 1 aromatic heterocycles. The monoisotopic (exact) mass is 617 g/mol. The highest BCUT2D eigenvalue weighted by molar-refractivity contribution is 5.98. The van der Waals surface area contributed by atoms with Crippen LogP contribution in [0, 0.1) is 16.7 Å². The third-order valence-electron chi connectivity index (χ3n) is 6.62. The Morgan fingerprint density at radius 1 is 0.911 bits per heavy atom. The highest BCUT2D eigenvalue weighted by atomic mass is 16.7. The topological polar surface area (TPSA) is 184 Å². The van der Waals surface area contributed by atoms with Gasteiger partial charge in [-0.25, -0.2) is 4.98 Å². The van der Waals surface area contributed by atoms with Gasteiger partial charge in [-0.05, 0) is 54.1 Å². The molecule has 0 fully saturated rings. The first-order chi connectivity index (χ1) is 21.9. The molecule has 0 aliphatic rings. The molecule has 13 nitrogen and oxygen atoms in total. The van der Waals surface area contributed by atoms with Crippen molar-refractivity contribution >= 4 is 22.8 Å². The molecule has 0 amide bonds. The Labute approximate surface area is 260 Å². The fourth-order valence-corrected chi connectivity index (χ4v) is 4.41. The van der Waals surface area contributed by atoms with E-state index >= 15 is 0 Å². The number of aromatic amines is 1. The smallest absolute Gasteiger partial charge is 0.309 e. The number of carbonyl (C=O) groups excluding carboxylic acids is 1. The molecule has 1 heterocycles. The number of amidine groups is 1. The molecule has 0 saturated heterocycles. The minimum atomic E-state index is -0.451. The van der Waals surface area contributed by atoms with Crippen molar-refractivity contribution < 1.29 is 38.0 Å². The number of rotatable bonds is 17. The summed E-state index contributed by atoms with van der Waals surface area (Å²) in [6, 6.07) is 15.9. The Bertz CT molecular complexity index is 1680. The fourth-order valence-electron chi connectivity index (χ4n) is 4.41. The van der Waals surface area contributed by atoms with Gasteiger partial charge >= 0.3 is 5.97 Å². The molecule has 4 rings (SSSR count). The maximum atomic E-state index is 12.4. The van der Waals surface area contributed by atoms with Crippen LogP contribution in [-0.4, -0.2) is 83.1 Å². The molecule has 3 aromatic carbocycles. The number of fused-ring (bicyclic) bond motifs is 1. The Balaban J connectivity index is 1.91. The molecule has 4 N–H and O–H groups in total. The number of nitrogen functional groups attached to an aromatic ring is 1. The number of imidazole rings is 1. The maximum absolute atomic E-state index is 12.4. The molecule has 236 valence electrons. The second-order valence-corrected chi connectivity index (χ2v) is 9.65. The number of methoxy groups -OCH3 is 3. The highest BCUT2D eigenvalue weighted by Crippen LogP contribution is 2.44. The van der Waals surface area contributed by atoms with E-state index in [0.717, 1.165) is 0 Å². The molecule has 0 radical (unpaired) electrons. The Hall–Kier alpha value is -5.00. The highest BCUT2D eigenvalue weighted by Gasteiger charge is 2.23. The largest absolute Gasteiger partial charge is 0.469 e. The van der Waals surface area contributed by atoms with Crippen LogP contribution in [0.3, 0.4) is 0 Å². The number of nitrogens with zero attached hydrogens (tertiary/aromatic N) is 2. The molecular weight excluding hydrogens is 582 g/mol. The summed E-state index contributed by atoms with van der Waals surface area (Å²) in [4.78, 5) is 20.5. The number of nitriles is 1. The van der Waals surface area contributed by atoms with E-state index < -0.39 is 5.97 Å². The van der Waals surface area contributed by atoms with E-state index in [1.807, 2.05) is 0 Å². The van der Waals surface area contributed by atoms with Gasteiger partial charge < -0.3 is 43.9 Å². The first-order valence-corrected chi connectivity index (χ1v) is 13.9. The average Bonchev–Trinajstić information content (AvgIpc) is 3.48. The minimum absolute atomic E-state index is 0.0515. The summed E-state index contributed by atoms with van der Waals surface area (Å²) >= 11 is 0. The van der Waals surface area contributed by atoms with Gasteiger partial charge in [0.05, 0.1) is 68.2 Å². The van der Waals surface area contributed by atoms with Crippen LogP contribution in [0.25, 0.3) is 33.5 Å². The number of aromatic nitrogens is 2. The van der Waals surface area contributed by atoms with Crippen molar-refractivity contribution in [1.29, 1.82) is 10.7 Å². The molecule has 0 aliphatic carbocycles. The molecule has 45 heavy (non-hydrogen) atoms. The summed E-state index contributed by atoms with van der Waals surface area (Å²) in [6.07, 6.45) is -0.0515. The van der Waals surface area contributed by atoms with Crippen molar-refractivity contribution in [2.24, 2.45) is 5.73 Å². The van der Waals surface area contributed by atoms with E-state index in [2.05, 4.69) is 11.1 Å². The van der Waals surface area contributed by atoms with Crippen LogP contribution in [0.5, 0.6) is 11.5 Å². The number of nitrogens with two attached hydrogens (primary N) is 1. The average molecular weight is 618 g/mol. The number of nitrogens with one attached hydrogen (secondary N) is 2. The summed E-state index contributed by atoms with van der Waals surface area (Å²) in [5.41, 5.74) is 10.0. The first-order valence-electron chi connectivity index (χ1n) is 13.9. The molecule has 0 atom stereocenters. The van der Waals surface area contributed by atoms with Crippen LogP contribution in [0.15, 0.2) is 48.5 Å². The molecule has 0 spiro atoms. The lowest BCUT2D eigenvalue weighted by Crippen LogP contribution is -2.11. The summed E-state index contributed by atoms with van der Waals surface area (Å²) in [5.74, 6) is 0.657. The predicted octanol–water partition coefficient (Wildman–Crippen LogP) is 3.77. The number of esters is 1. The Kier molecular flexibility index (Phi) is 11.8. The molecular formula is C32H35N5O8. The van der Waals surface area contributed by atoms with Crippen molar-refractivity contribution in [1.82, 2.24) is 9.97 Å². The normalized spacial score (nSPS) is 10.9. The van der Waals surface area contributed by atoms with Gasteiger partial charge in [0.15, 0.2) is 13.6 Å². The molecule has 4 aromatic rings. The van der Waals surface area contributed by atoms with E-state index in [9.17, 15) is 10.1 Å². The zero-order chi connectivity index (χ0) is 32.2. The lowest BCUT2D eigenvalue weighted by atomic mass is 9.94. The van der Waals surface area contributed by atoms with Crippen molar-refractivity contribution in [2.45, 2.75) is 6.42 Å². The molecule has 0 saturated carbocycles. The minimum Gasteiger partial charge on any atom is -0.469 e. The Morgan fingerprint density at radius 3 is 2.29 bits per heavy atom. The van der Waals surface area contributed by atoms with Crippen molar-refractivity contribution in [3.05, 3.63) is 65.2 Å². The number of carbonyl (C=O) groups is 1. The van der Waals surface area contributed by atoms with Crippen LogP contribution in [0.4, 0.5) is 0 Å². The number of benzene rings is 3. The quantitative estimate of drug-likeness (QED) is 0.0515. The number of hydrogen-bond acceptors (Lipinski definition) is 11. The second-order valence-electron chi connectivity index (χ2n) is 9.65. The standard InChI is InChI=1S/C32H35N5O8/c1-39-8-10-42-18-44-28-7-4-20(17-33)12-23(28)24-13-21(15-29(38)41-3)14-25(30(24)45-19-43-11-9-40-2)32-36-26-6-5-22(31(34)35)16-27(26)37-32/h4-7,12-14,16H,8-11,15,18-19H2,1-3H3,(H3,34,35)(H,36,37). The molecule has 0 aliphatic heterocycles. The lowest BCUT2D eigenvalue weighted by molar-refractivity contribution is -0.139. The van der Waals surface area contributed by atoms with Gasteiger partial charge in [-0.15, -0.1) is 0 Å². The van der Waals surface area contributed by atoms with Gasteiger partial charge in [-0.3, -0.25) is 10.2 Å². The summed E-state index contributed by atoms with van der Waals surface area (Å²) in [7, 11) is 4.46. The zero-order valence-electron chi connectivity index (χ0n) is 25.3. The zero-order valence-corrected chi connectivity index (χ0v) is 25.3. The van der Waals surface area contributed by atoms with Gasteiger partial charge in [0, 0.05) is 30.9 Å². The van der Waals surface area contributed by atoms with Crippen molar-refractivity contribution in [2.75, 3.05) is 61.3 Å². The third kappa shape index (κ3) is 8.55. The number of H-pyrrole nitrogens is 1. The van der Waals surface area contributed by atoms with E-state index in [-0.39, 0.29) is 32.4 Å². The van der Waals surface area contributed by atoms with Gasteiger partial charge in [0.1, 0.15) is 23.2 Å². The van der Waals surface area contributed by atoms with Crippen LogP contribution in [-0.2, 0) is 34.9 Å². The van der Waals surface area contributed by atoms with E-state index in [1.165, 1.54) is 7.11 Å². The predicted molar refractivity (Wildman–Crippen MR) is 165 cm³/mol. The summed E-state index contributed by atoms with van der Waals surface area (Å²) in [6.45, 7) is 1.17. The van der Waals surface area contributed by atoms with Crippen molar-refractivity contribution in [3.8, 4) is 40.1 Å². The lowest BCUT2D eigenvalue weighted by Gasteiger charge is -2.19. The van der Waals surface area contributed by atoms with Crippen LogP contribution < -0.4 is 15.2 Å². The maximum Gasteiger partial charge on any atom is 0.309 e. The molecule has 0 unspecified atom stereocenters. The Morgan fingerprint density at radius 2 is 1.62 bits per heavy atom. The van der Waals surface area contributed by atoms with Gasteiger partial charge in [0.25, 0.3) is 0 Å². The third-order valence-corrected chi connectivity index (χ3v) is 6.62. The van der Waals surface area contributed by atoms with Crippen LogP contribution in [0.2, 0.25) is 0 Å². The molecule has 0 bridgehead atoms. The van der Waals surface area contributed by atoms with Gasteiger partial charge in [-0.1, -0.05) is 0 Å². The van der Waals surface area contributed by atoms with E-state index in [1.54, 1.807) is 62.8 Å². The number of hydrogen-bond donors (Lipinski definition) is 3.